The van der Waals surface area contributed by atoms with E-state index < -0.39 is 21.5 Å². The molecule has 0 saturated heterocycles. The summed E-state index contributed by atoms with van der Waals surface area (Å²) in [6.45, 7) is 2.00. The predicted octanol–water partition coefficient (Wildman–Crippen LogP) is 2.63. The van der Waals surface area contributed by atoms with Gasteiger partial charge < -0.3 is 5.32 Å². The lowest BCUT2D eigenvalue weighted by atomic mass is 10.2. The summed E-state index contributed by atoms with van der Waals surface area (Å²) in [7, 11) is -3.31. The average Bonchev–Trinajstić information content (AvgIpc) is 3.23. The Balaban J connectivity index is 1.79. The lowest BCUT2D eigenvalue weighted by Crippen LogP contribution is -2.25. The summed E-state index contributed by atoms with van der Waals surface area (Å²) >= 11 is 1.60. The van der Waals surface area contributed by atoms with Gasteiger partial charge in [-0.15, -0.1) is 11.3 Å². The molecule has 1 aliphatic rings. The van der Waals surface area contributed by atoms with Gasteiger partial charge in [-0.2, -0.15) is 0 Å². The van der Waals surface area contributed by atoms with Crippen LogP contribution in [0, 0.1) is 6.92 Å². The summed E-state index contributed by atoms with van der Waals surface area (Å²) in [5, 5.41) is 4.32. The van der Waals surface area contributed by atoms with E-state index in [1.54, 1.807) is 29.7 Å². The first-order valence-corrected chi connectivity index (χ1v) is 9.57. The fourth-order valence-electron chi connectivity index (χ4n) is 2.22. The molecule has 1 N–H and O–H groups in total. The van der Waals surface area contributed by atoms with Gasteiger partial charge in [-0.25, -0.2) is 8.42 Å². The largest absolute Gasteiger partial charge is 0.323 e. The molecule has 0 unspecified atom stereocenters. The van der Waals surface area contributed by atoms with Crippen LogP contribution in [0.4, 0.5) is 5.69 Å². The van der Waals surface area contributed by atoms with Crippen molar-refractivity contribution in [3.63, 3.8) is 0 Å². The smallest absolute Gasteiger partial charge is 0.239 e. The number of nitrogens with zero attached hydrogens (tertiary/aromatic N) is 1. The van der Waals surface area contributed by atoms with Crippen LogP contribution in [0.15, 0.2) is 29.8 Å². The Bertz CT molecular complexity index is 808. The van der Waals surface area contributed by atoms with Gasteiger partial charge in [0.25, 0.3) is 0 Å². The zero-order valence-electron chi connectivity index (χ0n) is 12.1. The van der Waals surface area contributed by atoms with Crippen LogP contribution >= 0.6 is 11.3 Å². The number of carbonyl (C=O) groups excluding carboxylic acids is 1. The summed E-state index contributed by atoms with van der Waals surface area (Å²) in [6.07, 6.45) is 2.99. The van der Waals surface area contributed by atoms with Gasteiger partial charge in [0, 0.05) is 22.0 Å². The highest BCUT2D eigenvalue weighted by Crippen LogP contribution is 2.31. The van der Waals surface area contributed by atoms with Crippen molar-refractivity contribution in [2.45, 2.75) is 25.0 Å². The van der Waals surface area contributed by atoms with Crippen LogP contribution in [0.3, 0.4) is 0 Å². The van der Waals surface area contributed by atoms with E-state index in [0.29, 0.717) is 24.2 Å². The first kappa shape index (κ1) is 15.2. The standard InChI is InChI=1S/C15H16N2O3S2/c1-10-7-11(8-21-10)15-13(3-2-6-16-15)17-14(18)9-22(19,20)12-4-5-12/h2-3,6-8,12H,4-5,9H2,1H3,(H,17,18). The van der Waals surface area contributed by atoms with E-state index in [4.69, 9.17) is 0 Å². The number of sulfone groups is 1. The van der Waals surface area contributed by atoms with Gasteiger partial charge in [0.05, 0.1) is 16.6 Å². The molecule has 1 aliphatic carbocycles. The van der Waals surface area contributed by atoms with E-state index in [0.717, 1.165) is 10.4 Å². The topological polar surface area (TPSA) is 76.1 Å². The predicted molar refractivity (Wildman–Crippen MR) is 87.7 cm³/mol. The van der Waals surface area contributed by atoms with Crippen molar-refractivity contribution in [1.82, 2.24) is 4.98 Å². The van der Waals surface area contributed by atoms with Gasteiger partial charge >= 0.3 is 0 Å². The molecule has 116 valence electrons. The molecular weight excluding hydrogens is 320 g/mol. The SMILES string of the molecule is Cc1cc(-c2ncccc2NC(=O)CS(=O)(=O)C2CC2)cs1. The van der Waals surface area contributed by atoms with Crippen LogP contribution in [-0.4, -0.2) is 30.3 Å². The molecule has 0 atom stereocenters. The third kappa shape index (κ3) is 3.36. The minimum absolute atomic E-state index is 0.328. The molecule has 0 bridgehead atoms. The maximum absolute atomic E-state index is 12.0. The highest BCUT2D eigenvalue weighted by molar-refractivity contribution is 7.93. The minimum Gasteiger partial charge on any atom is -0.323 e. The Morgan fingerprint density at radius 3 is 2.86 bits per heavy atom. The number of anilines is 1. The molecule has 2 aromatic heterocycles. The number of rotatable bonds is 5. The average molecular weight is 336 g/mol. The number of pyridine rings is 1. The minimum atomic E-state index is -3.31. The van der Waals surface area contributed by atoms with Gasteiger partial charge in [0.2, 0.25) is 5.91 Å². The second-order valence-corrected chi connectivity index (χ2v) is 8.80. The fourth-order valence-corrected chi connectivity index (χ4v) is 4.43. The Kier molecular flexibility index (Phi) is 4.01. The molecule has 3 rings (SSSR count). The quantitative estimate of drug-likeness (QED) is 0.910. The fraction of sp³-hybridized carbons (Fsp3) is 0.333. The molecule has 0 radical (unpaired) electrons. The maximum atomic E-state index is 12.0. The molecule has 7 heteroatoms. The van der Waals surface area contributed by atoms with Crippen molar-refractivity contribution in [2.24, 2.45) is 0 Å². The van der Waals surface area contributed by atoms with E-state index in [1.165, 1.54) is 0 Å². The van der Waals surface area contributed by atoms with Gasteiger partial charge in [0.15, 0.2) is 9.84 Å². The van der Waals surface area contributed by atoms with E-state index in [2.05, 4.69) is 10.3 Å². The number of aromatic nitrogens is 1. The Morgan fingerprint density at radius 1 is 1.45 bits per heavy atom. The van der Waals surface area contributed by atoms with Crippen LogP contribution in [0.2, 0.25) is 0 Å². The van der Waals surface area contributed by atoms with Crippen molar-refractivity contribution in [3.8, 4) is 11.3 Å². The highest BCUT2D eigenvalue weighted by Gasteiger charge is 2.37. The van der Waals surface area contributed by atoms with Gasteiger partial charge in [-0.1, -0.05) is 0 Å². The highest BCUT2D eigenvalue weighted by atomic mass is 32.2. The molecular formula is C15H16N2O3S2. The Morgan fingerprint density at radius 2 is 2.23 bits per heavy atom. The zero-order valence-corrected chi connectivity index (χ0v) is 13.7. The number of aryl methyl sites for hydroxylation is 1. The monoisotopic (exact) mass is 336 g/mol. The molecule has 2 heterocycles. The van der Waals surface area contributed by atoms with Crippen molar-refractivity contribution in [1.29, 1.82) is 0 Å². The first-order chi connectivity index (χ1) is 10.5. The summed E-state index contributed by atoms with van der Waals surface area (Å²) in [6, 6.07) is 5.44. The van der Waals surface area contributed by atoms with E-state index in [-0.39, 0.29) is 5.25 Å². The van der Waals surface area contributed by atoms with Gasteiger partial charge in [-0.05, 0) is 38.0 Å². The number of carbonyl (C=O) groups is 1. The van der Waals surface area contributed by atoms with Crippen molar-refractivity contribution in [3.05, 3.63) is 34.7 Å². The van der Waals surface area contributed by atoms with E-state index in [9.17, 15) is 13.2 Å². The Hall–Kier alpha value is -1.73. The van der Waals surface area contributed by atoms with Crippen molar-refractivity contribution >= 4 is 32.8 Å². The molecule has 1 amide bonds. The van der Waals surface area contributed by atoms with Crippen LogP contribution in [-0.2, 0) is 14.6 Å². The lowest BCUT2D eigenvalue weighted by Gasteiger charge is -2.09. The van der Waals surface area contributed by atoms with Crippen LogP contribution in [0.5, 0.6) is 0 Å². The molecule has 1 fully saturated rings. The summed E-state index contributed by atoms with van der Waals surface area (Å²) in [5.74, 6) is -0.970. The normalized spacial score (nSPS) is 14.8. The van der Waals surface area contributed by atoms with Crippen LogP contribution in [0.1, 0.15) is 17.7 Å². The van der Waals surface area contributed by atoms with Crippen molar-refractivity contribution < 1.29 is 13.2 Å². The van der Waals surface area contributed by atoms with Crippen molar-refractivity contribution in [2.75, 3.05) is 11.1 Å². The second kappa shape index (κ2) is 5.81. The molecule has 5 nitrogen and oxygen atoms in total. The molecule has 1 saturated carbocycles. The number of hydrogen-bond donors (Lipinski definition) is 1. The molecule has 22 heavy (non-hydrogen) atoms. The van der Waals surface area contributed by atoms with E-state index >= 15 is 0 Å². The number of amides is 1. The molecule has 0 spiro atoms. The zero-order chi connectivity index (χ0) is 15.7. The van der Waals surface area contributed by atoms with Crippen LogP contribution in [0.25, 0.3) is 11.3 Å². The lowest BCUT2D eigenvalue weighted by molar-refractivity contribution is -0.113. The molecule has 0 aromatic carbocycles. The third-order valence-corrected chi connectivity index (χ3v) is 6.46. The molecule has 0 aliphatic heterocycles. The first-order valence-electron chi connectivity index (χ1n) is 6.97. The third-order valence-electron chi connectivity index (χ3n) is 3.45. The van der Waals surface area contributed by atoms with Gasteiger partial charge in [0.1, 0.15) is 5.75 Å². The Labute approximate surface area is 133 Å². The van der Waals surface area contributed by atoms with Gasteiger partial charge in [-0.3, -0.25) is 9.78 Å². The number of hydrogen-bond acceptors (Lipinski definition) is 5. The van der Waals surface area contributed by atoms with E-state index in [1.807, 2.05) is 18.4 Å². The molecule has 2 aromatic rings. The number of thiophene rings is 1. The summed E-state index contributed by atoms with van der Waals surface area (Å²) in [5.41, 5.74) is 2.11. The summed E-state index contributed by atoms with van der Waals surface area (Å²) in [4.78, 5) is 17.5. The second-order valence-electron chi connectivity index (χ2n) is 5.40. The van der Waals surface area contributed by atoms with Crippen LogP contribution < -0.4 is 5.32 Å². The maximum Gasteiger partial charge on any atom is 0.239 e. The number of nitrogens with one attached hydrogen (secondary N) is 1. The summed E-state index contributed by atoms with van der Waals surface area (Å²) < 4.78 is 23.8.